The summed E-state index contributed by atoms with van der Waals surface area (Å²) in [6.07, 6.45) is -2.99. The topological polar surface area (TPSA) is 49.8 Å². The highest BCUT2D eigenvalue weighted by Gasteiger charge is 2.32. The van der Waals surface area contributed by atoms with E-state index < -0.39 is 17.8 Å². The Morgan fingerprint density at radius 1 is 1.44 bits per heavy atom. The second-order valence-electron chi connectivity index (χ2n) is 6.19. The van der Waals surface area contributed by atoms with E-state index in [1.165, 1.54) is 6.07 Å². The molecule has 0 aliphatic carbocycles. The summed E-state index contributed by atoms with van der Waals surface area (Å²) in [5, 5.41) is 4.22. The minimum absolute atomic E-state index is 0.415. The van der Waals surface area contributed by atoms with Crippen LogP contribution < -0.4 is 5.32 Å². The molecule has 27 heavy (non-hydrogen) atoms. The van der Waals surface area contributed by atoms with Gasteiger partial charge in [0.05, 0.1) is 25.3 Å². The first-order valence-corrected chi connectivity index (χ1v) is 9.34. The number of nitrogens with one attached hydrogen (secondary N) is 1. The van der Waals surface area contributed by atoms with Crippen LogP contribution in [-0.2, 0) is 17.5 Å². The maximum atomic E-state index is 13.0. The molecule has 1 atom stereocenters. The first kappa shape index (κ1) is 19.6. The Morgan fingerprint density at radius 3 is 2.93 bits per heavy atom. The van der Waals surface area contributed by atoms with Crippen molar-refractivity contribution in [1.82, 2.24) is 15.2 Å². The van der Waals surface area contributed by atoms with Crippen LogP contribution in [0.5, 0.6) is 0 Å². The van der Waals surface area contributed by atoms with Gasteiger partial charge in [0, 0.05) is 24.7 Å². The fourth-order valence-corrected chi connectivity index (χ4v) is 3.66. The summed E-state index contributed by atoms with van der Waals surface area (Å²) >= 11 is 1.61. The number of morpholine rings is 1. The van der Waals surface area contributed by atoms with Gasteiger partial charge in [-0.15, -0.1) is 11.3 Å². The summed E-state index contributed by atoms with van der Waals surface area (Å²) in [7, 11) is 1.68. The zero-order valence-electron chi connectivity index (χ0n) is 15.1. The molecule has 1 N–H and O–H groups in total. The summed E-state index contributed by atoms with van der Waals surface area (Å²) in [5.41, 5.74) is -0.150. The lowest BCUT2D eigenvalue weighted by atomic mass is 10.0. The lowest BCUT2D eigenvalue weighted by Gasteiger charge is -2.35. The number of ether oxygens (including phenoxy) is 1. The van der Waals surface area contributed by atoms with Crippen LogP contribution in [0.3, 0.4) is 0 Å². The number of guanidine groups is 1. The van der Waals surface area contributed by atoms with E-state index in [0.717, 1.165) is 22.0 Å². The predicted octanol–water partition coefficient (Wildman–Crippen LogP) is 3.62. The van der Waals surface area contributed by atoms with Crippen molar-refractivity contribution in [3.8, 4) is 0 Å². The van der Waals surface area contributed by atoms with Crippen molar-refractivity contribution in [2.45, 2.75) is 25.7 Å². The molecule has 2 aromatic rings. The number of benzene rings is 1. The second-order valence-corrected chi connectivity index (χ2v) is 7.51. The fraction of sp³-hybridized carbons (Fsp3) is 0.444. The van der Waals surface area contributed by atoms with Crippen LogP contribution >= 0.6 is 11.3 Å². The fourth-order valence-electron chi connectivity index (χ4n) is 2.93. The van der Waals surface area contributed by atoms with E-state index >= 15 is 0 Å². The van der Waals surface area contributed by atoms with E-state index in [2.05, 4.69) is 15.3 Å². The molecule has 1 aromatic carbocycles. The zero-order chi connectivity index (χ0) is 19.4. The minimum atomic E-state index is -4.37. The van der Waals surface area contributed by atoms with Gasteiger partial charge in [0.15, 0.2) is 5.96 Å². The van der Waals surface area contributed by atoms with E-state index in [0.29, 0.717) is 37.8 Å². The third kappa shape index (κ3) is 4.98. The largest absolute Gasteiger partial charge is 0.416 e. The summed E-state index contributed by atoms with van der Waals surface area (Å²) in [6.45, 7) is 4.01. The van der Waals surface area contributed by atoms with Crippen molar-refractivity contribution in [2.75, 3.05) is 26.7 Å². The Labute approximate surface area is 159 Å². The van der Waals surface area contributed by atoms with Gasteiger partial charge in [-0.1, -0.05) is 12.1 Å². The zero-order valence-corrected chi connectivity index (χ0v) is 15.9. The molecule has 146 valence electrons. The molecule has 0 saturated carbocycles. The molecular formula is C18H21F3N4OS. The van der Waals surface area contributed by atoms with Crippen molar-refractivity contribution >= 4 is 17.3 Å². The maximum absolute atomic E-state index is 13.0. The van der Waals surface area contributed by atoms with E-state index in [9.17, 15) is 13.2 Å². The number of halogens is 3. The number of alkyl halides is 3. The third-order valence-corrected chi connectivity index (χ3v) is 5.14. The van der Waals surface area contributed by atoms with Crippen molar-refractivity contribution in [3.05, 3.63) is 51.5 Å². The summed E-state index contributed by atoms with van der Waals surface area (Å²) in [5.74, 6) is 0.683. The highest BCUT2D eigenvalue weighted by atomic mass is 32.1. The monoisotopic (exact) mass is 398 g/mol. The van der Waals surface area contributed by atoms with Gasteiger partial charge in [0.2, 0.25) is 0 Å². The molecule has 1 aliphatic heterocycles. The molecule has 0 bridgehead atoms. The normalized spacial score (nSPS) is 18.6. The third-order valence-electron chi connectivity index (χ3n) is 4.23. The molecular weight excluding hydrogens is 377 g/mol. The van der Waals surface area contributed by atoms with E-state index in [1.54, 1.807) is 24.5 Å². The number of rotatable bonds is 3. The quantitative estimate of drug-likeness (QED) is 0.634. The molecule has 0 spiro atoms. The predicted molar refractivity (Wildman–Crippen MR) is 98.8 cm³/mol. The van der Waals surface area contributed by atoms with Gasteiger partial charge < -0.3 is 15.0 Å². The van der Waals surface area contributed by atoms with Crippen molar-refractivity contribution in [2.24, 2.45) is 4.99 Å². The number of aliphatic imine (C=N–C) groups is 1. The Bertz CT molecular complexity index is 806. The lowest BCUT2D eigenvalue weighted by molar-refractivity contribution is -0.137. The Morgan fingerprint density at radius 2 is 2.26 bits per heavy atom. The van der Waals surface area contributed by atoms with Gasteiger partial charge >= 0.3 is 6.18 Å². The number of aryl methyl sites for hydroxylation is 1. The molecule has 1 saturated heterocycles. The molecule has 1 aromatic heterocycles. The van der Waals surface area contributed by atoms with Gasteiger partial charge in [0.25, 0.3) is 0 Å². The minimum Gasteiger partial charge on any atom is -0.370 e. The molecule has 2 heterocycles. The van der Waals surface area contributed by atoms with Crippen LogP contribution in [0.1, 0.15) is 27.1 Å². The second kappa shape index (κ2) is 8.26. The molecule has 9 heteroatoms. The van der Waals surface area contributed by atoms with Crippen LogP contribution in [0.25, 0.3) is 0 Å². The number of thiazole rings is 1. The SMILES string of the molecule is CN=C(NCc1ncc(C)s1)N1CCOC(c2cccc(C(F)(F)F)c2)C1. The van der Waals surface area contributed by atoms with E-state index in [1.807, 2.05) is 18.0 Å². The maximum Gasteiger partial charge on any atom is 0.416 e. The molecule has 1 unspecified atom stereocenters. The first-order chi connectivity index (χ1) is 12.9. The van der Waals surface area contributed by atoms with Crippen LogP contribution in [0.15, 0.2) is 35.5 Å². The van der Waals surface area contributed by atoms with Crippen molar-refractivity contribution in [3.63, 3.8) is 0 Å². The number of nitrogens with zero attached hydrogens (tertiary/aromatic N) is 3. The lowest BCUT2D eigenvalue weighted by Crippen LogP contribution is -2.48. The highest BCUT2D eigenvalue weighted by Crippen LogP contribution is 2.32. The van der Waals surface area contributed by atoms with Gasteiger partial charge in [-0.2, -0.15) is 13.2 Å². The van der Waals surface area contributed by atoms with Crippen molar-refractivity contribution < 1.29 is 17.9 Å². The summed E-state index contributed by atoms with van der Waals surface area (Å²) < 4.78 is 44.6. The standard InChI is InChI=1S/C18H21F3N4OS/c1-12-9-23-16(27-12)10-24-17(22-2)25-6-7-26-15(11-25)13-4-3-5-14(8-13)18(19,20)21/h3-5,8-9,15H,6-7,10-11H2,1-2H3,(H,22,24). The van der Waals surface area contributed by atoms with Crippen LogP contribution in [0.2, 0.25) is 0 Å². The van der Waals surface area contributed by atoms with Crippen LogP contribution in [0.4, 0.5) is 13.2 Å². The Balaban J connectivity index is 1.67. The summed E-state index contributed by atoms with van der Waals surface area (Å²) in [6, 6.07) is 5.31. The van der Waals surface area contributed by atoms with Gasteiger partial charge in [-0.25, -0.2) is 4.98 Å². The van der Waals surface area contributed by atoms with Gasteiger partial charge in [-0.05, 0) is 24.6 Å². The van der Waals surface area contributed by atoms with Gasteiger partial charge in [0.1, 0.15) is 11.1 Å². The van der Waals surface area contributed by atoms with E-state index in [-0.39, 0.29) is 0 Å². The molecule has 5 nitrogen and oxygen atoms in total. The van der Waals surface area contributed by atoms with Crippen LogP contribution in [-0.4, -0.2) is 42.6 Å². The number of hydrogen-bond donors (Lipinski definition) is 1. The average molecular weight is 398 g/mol. The van der Waals surface area contributed by atoms with Crippen LogP contribution in [0, 0.1) is 6.92 Å². The average Bonchev–Trinajstić information content (AvgIpc) is 3.07. The molecule has 1 aliphatic rings. The van der Waals surface area contributed by atoms with Crippen molar-refractivity contribution in [1.29, 1.82) is 0 Å². The molecule has 1 fully saturated rings. The molecule has 0 amide bonds. The van der Waals surface area contributed by atoms with Gasteiger partial charge in [-0.3, -0.25) is 4.99 Å². The summed E-state index contributed by atoms with van der Waals surface area (Å²) in [4.78, 5) is 11.7. The first-order valence-electron chi connectivity index (χ1n) is 8.52. The Kier molecular flexibility index (Phi) is 6.01. The highest BCUT2D eigenvalue weighted by molar-refractivity contribution is 7.11. The molecule has 0 radical (unpaired) electrons. The Hall–Kier alpha value is -2.13. The smallest absolute Gasteiger partial charge is 0.370 e. The molecule has 3 rings (SSSR count). The van der Waals surface area contributed by atoms with E-state index in [4.69, 9.17) is 4.74 Å². The number of aromatic nitrogens is 1. The number of hydrogen-bond acceptors (Lipinski definition) is 4.